The van der Waals surface area contributed by atoms with E-state index < -0.39 is 11.5 Å². The minimum Gasteiger partial charge on any atom is -0.480 e. The predicted octanol–water partition coefficient (Wildman–Crippen LogP) is 0.842. The first kappa shape index (κ1) is 14.0. The summed E-state index contributed by atoms with van der Waals surface area (Å²) in [7, 11) is 0. The van der Waals surface area contributed by atoms with E-state index in [1.54, 1.807) is 0 Å². The molecule has 0 aromatic rings. The van der Waals surface area contributed by atoms with Crippen LogP contribution in [0.15, 0.2) is 0 Å². The molecule has 5 nitrogen and oxygen atoms in total. The van der Waals surface area contributed by atoms with Crippen LogP contribution < -0.4 is 5.32 Å². The number of carbonyl (C=O) groups is 2. The van der Waals surface area contributed by atoms with Crippen LogP contribution in [0.3, 0.4) is 0 Å². The van der Waals surface area contributed by atoms with Crippen molar-refractivity contribution in [3.63, 3.8) is 0 Å². The number of carboxylic acids is 1. The summed E-state index contributed by atoms with van der Waals surface area (Å²) in [5.74, 6) is -1.03. The highest BCUT2D eigenvalue weighted by Gasteiger charge is 2.37. The highest BCUT2D eigenvalue weighted by molar-refractivity contribution is 5.88. The monoisotopic (exact) mass is 242 g/mol. The molecule has 0 aromatic heterocycles. The maximum atomic E-state index is 12.3. The number of hydrogen-bond acceptors (Lipinski definition) is 3. The minimum atomic E-state index is -0.953. The van der Waals surface area contributed by atoms with E-state index in [2.05, 4.69) is 5.32 Å². The number of carbonyl (C=O) groups excluding carboxylic acids is 1. The van der Waals surface area contributed by atoms with Crippen LogP contribution in [0.5, 0.6) is 0 Å². The second kappa shape index (κ2) is 6.00. The van der Waals surface area contributed by atoms with Crippen LogP contribution in [0.2, 0.25) is 0 Å². The van der Waals surface area contributed by atoms with Crippen molar-refractivity contribution in [1.29, 1.82) is 0 Å². The zero-order valence-corrected chi connectivity index (χ0v) is 10.7. The fourth-order valence-electron chi connectivity index (χ4n) is 2.27. The topological polar surface area (TPSA) is 69.6 Å². The van der Waals surface area contributed by atoms with Gasteiger partial charge in [0, 0.05) is 6.54 Å². The van der Waals surface area contributed by atoms with Crippen LogP contribution in [-0.2, 0) is 9.59 Å². The van der Waals surface area contributed by atoms with Gasteiger partial charge < -0.3 is 15.3 Å². The summed E-state index contributed by atoms with van der Waals surface area (Å²) in [5, 5.41) is 12.1. The van der Waals surface area contributed by atoms with Crippen molar-refractivity contribution >= 4 is 11.9 Å². The average Bonchev–Trinajstić information content (AvgIpc) is 2.28. The number of nitrogens with one attached hydrogen (secondary N) is 1. The molecule has 1 heterocycles. The Hall–Kier alpha value is -1.10. The third-order valence-corrected chi connectivity index (χ3v) is 3.20. The van der Waals surface area contributed by atoms with Crippen LogP contribution in [-0.4, -0.2) is 47.1 Å². The lowest BCUT2D eigenvalue weighted by molar-refractivity contribution is -0.148. The van der Waals surface area contributed by atoms with Gasteiger partial charge in [0.2, 0.25) is 5.91 Å². The van der Waals surface area contributed by atoms with Gasteiger partial charge in [-0.1, -0.05) is 6.92 Å². The summed E-state index contributed by atoms with van der Waals surface area (Å²) < 4.78 is 0. The quantitative estimate of drug-likeness (QED) is 0.749. The van der Waals surface area contributed by atoms with E-state index >= 15 is 0 Å². The Morgan fingerprint density at radius 2 is 2.12 bits per heavy atom. The molecule has 1 saturated heterocycles. The van der Waals surface area contributed by atoms with Gasteiger partial charge >= 0.3 is 5.97 Å². The van der Waals surface area contributed by atoms with Crippen LogP contribution in [0, 0.1) is 0 Å². The van der Waals surface area contributed by atoms with Crippen LogP contribution in [0.1, 0.15) is 39.5 Å². The largest absolute Gasteiger partial charge is 0.480 e. The van der Waals surface area contributed by atoms with E-state index in [0.29, 0.717) is 6.54 Å². The maximum absolute atomic E-state index is 12.3. The van der Waals surface area contributed by atoms with Gasteiger partial charge in [-0.3, -0.25) is 9.59 Å². The number of aliphatic carboxylic acids is 1. The molecule has 1 unspecified atom stereocenters. The second-order valence-corrected chi connectivity index (χ2v) is 4.84. The smallest absolute Gasteiger partial charge is 0.323 e. The van der Waals surface area contributed by atoms with E-state index in [0.717, 1.165) is 32.2 Å². The van der Waals surface area contributed by atoms with Gasteiger partial charge in [0.25, 0.3) is 0 Å². The molecule has 0 aromatic carbocycles. The molecule has 0 radical (unpaired) electrons. The van der Waals surface area contributed by atoms with Crippen LogP contribution >= 0.6 is 0 Å². The fraction of sp³-hybridized carbons (Fsp3) is 0.833. The lowest BCUT2D eigenvalue weighted by Crippen LogP contribution is -2.58. The Labute approximate surface area is 102 Å². The molecule has 1 aliphatic rings. The normalized spacial score (nSPS) is 24.4. The summed E-state index contributed by atoms with van der Waals surface area (Å²) in [6, 6.07) is 0. The summed E-state index contributed by atoms with van der Waals surface area (Å²) in [6.45, 7) is 4.94. The van der Waals surface area contributed by atoms with Gasteiger partial charge in [0.05, 0.1) is 5.54 Å². The molecule has 1 fully saturated rings. The Morgan fingerprint density at radius 1 is 1.41 bits per heavy atom. The molecule has 17 heavy (non-hydrogen) atoms. The van der Waals surface area contributed by atoms with E-state index in [4.69, 9.17) is 5.11 Å². The third-order valence-electron chi connectivity index (χ3n) is 3.20. The summed E-state index contributed by atoms with van der Waals surface area (Å²) in [5.41, 5.74) is -0.580. The van der Waals surface area contributed by atoms with Crippen molar-refractivity contribution in [2.24, 2.45) is 0 Å². The van der Waals surface area contributed by atoms with E-state index in [1.165, 1.54) is 4.90 Å². The molecule has 1 amide bonds. The molecule has 0 spiro atoms. The minimum absolute atomic E-state index is 0.0820. The second-order valence-electron chi connectivity index (χ2n) is 4.84. The van der Waals surface area contributed by atoms with Crippen LogP contribution in [0.4, 0.5) is 0 Å². The number of hydrogen-bond donors (Lipinski definition) is 2. The van der Waals surface area contributed by atoms with E-state index in [1.807, 2.05) is 13.8 Å². The summed E-state index contributed by atoms with van der Waals surface area (Å²) in [4.78, 5) is 24.6. The number of piperidine rings is 1. The first-order valence-electron chi connectivity index (χ1n) is 6.26. The first-order chi connectivity index (χ1) is 7.99. The molecule has 0 bridgehead atoms. The number of carboxylic acid groups (broad SMARTS) is 1. The van der Waals surface area contributed by atoms with Crippen molar-refractivity contribution in [3.05, 3.63) is 0 Å². The molecule has 1 aliphatic heterocycles. The molecule has 2 N–H and O–H groups in total. The Kier molecular flexibility index (Phi) is 4.93. The van der Waals surface area contributed by atoms with Gasteiger partial charge in [0.1, 0.15) is 6.54 Å². The molecule has 1 atom stereocenters. The standard InChI is InChI=1S/C12H22N2O3/c1-3-8-14(9-10(15)16)11(17)12(2)6-4-5-7-13-12/h13H,3-9H2,1-2H3,(H,15,16). The SMILES string of the molecule is CCCN(CC(=O)O)C(=O)C1(C)CCCCN1. The zero-order chi connectivity index (χ0) is 12.9. The van der Waals surface area contributed by atoms with E-state index in [-0.39, 0.29) is 12.5 Å². The van der Waals surface area contributed by atoms with Gasteiger partial charge in [-0.15, -0.1) is 0 Å². The van der Waals surface area contributed by atoms with Crippen molar-refractivity contribution in [2.75, 3.05) is 19.6 Å². The lowest BCUT2D eigenvalue weighted by Gasteiger charge is -2.37. The molecular formula is C12H22N2O3. The first-order valence-corrected chi connectivity index (χ1v) is 6.26. The molecule has 0 aliphatic carbocycles. The van der Waals surface area contributed by atoms with Gasteiger partial charge in [0.15, 0.2) is 0 Å². The highest BCUT2D eigenvalue weighted by Crippen LogP contribution is 2.21. The van der Waals surface area contributed by atoms with Crippen LogP contribution in [0.25, 0.3) is 0 Å². The molecule has 0 saturated carbocycles. The Balaban J connectivity index is 2.71. The van der Waals surface area contributed by atoms with E-state index in [9.17, 15) is 9.59 Å². The zero-order valence-electron chi connectivity index (χ0n) is 10.7. The fourth-order valence-corrected chi connectivity index (χ4v) is 2.27. The Bertz CT molecular complexity index is 285. The average molecular weight is 242 g/mol. The maximum Gasteiger partial charge on any atom is 0.323 e. The predicted molar refractivity (Wildman–Crippen MR) is 64.8 cm³/mol. The Morgan fingerprint density at radius 3 is 2.59 bits per heavy atom. The summed E-state index contributed by atoms with van der Waals surface area (Å²) >= 11 is 0. The van der Waals surface area contributed by atoms with Gasteiger partial charge in [-0.25, -0.2) is 0 Å². The molecule has 98 valence electrons. The molecule has 5 heteroatoms. The van der Waals surface area contributed by atoms with Crippen molar-refractivity contribution in [3.8, 4) is 0 Å². The summed E-state index contributed by atoms with van der Waals surface area (Å²) in [6.07, 6.45) is 3.65. The highest BCUT2D eigenvalue weighted by atomic mass is 16.4. The molecule has 1 rings (SSSR count). The number of rotatable bonds is 5. The van der Waals surface area contributed by atoms with Crippen molar-refractivity contribution < 1.29 is 14.7 Å². The number of nitrogens with zero attached hydrogens (tertiary/aromatic N) is 1. The number of amides is 1. The molecular weight excluding hydrogens is 220 g/mol. The van der Waals surface area contributed by atoms with Gasteiger partial charge in [-0.2, -0.15) is 0 Å². The third kappa shape index (κ3) is 3.70. The lowest BCUT2D eigenvalue weighted by atomic mass is 9.89. The van der Waals surface area contributed by atoms with Crippen molar-refractivity contribution in [1.82, 2.24) is 10.2 Å². The van der Waals surface area contributed by atoms with Crippen molar-refractivity contribution in [2.45, 2.75) is 45.1 Å². The van der Waals surface area contributed by atoms with Gasteiger partial charge in [-0.05, 0) is 39.2 Å².